The zero-order valence-corrected chi connectivity index (χ0v) is 17.7. The average Bonchev–Trinajstić information content (AvgIpc) is 3.03. The molecule has 1 saturated heterocycles. The number of rotatable bonds is 6. The molecule has 0 saturated carbocycles. The van der Waals surface area contributed by atoms with Crippen molar-refractivity contribution in [2.75, 3.05) is 24.6 Å². The van der Waals surface area contributed by atoms with Gasteiger partial charge in [0.05, 0.1) is 17.9 Å². The van der Waals surface area contributed by atoms with Crippen LogP contribution in [0.2, 0.25) is 0 Å². The fourth-order valence-electron chi connectivity index (χ4n) is 4.08. The number of benzene rings is 2. The molecule has 0 N–H and O–H groups in total. The van der Waals surface area contributed by atoms with Gasteiger partial charge in [0.1, 0.15) is 11.4 Å². The summed E-state index contributed by atoms with van der Waals surface area (Å²) in [5.74, 6) is 0.153. The van der Waals surface area contributed by atoms with Gasteiger partial charge in [-0.1, -0.05) is 42.8 Å². The highest BCUT2D eigenvalue weighted by Crippen LogP contribution is 2.36. The summed E-state index contributed by atoms with van der Waals surface area (Å²) in [5.41, 5.74) is 3.49. The lowest BCUT2D eigenvalue weighted by molar-refractivity contribution is -0.120. The molecule has 2 amide bonds. The summed E-state index contributed by atoms with van der Waals surface area (Å²) in [6.45, 7) is 6.26. The number of piperidine rings is 1. The molecule has 2 aromatic carbocycles. The van der Waals surface area contributed by atoms with E-state index in [4.69, 9.17) is 4.74 Å². The van der Waals surface area contributed by atoms with E-state index in [-0.39, 0.29) is 11.8 Å². The summed E-state index contributed by atoms with van der Waals surface area (Å²) in [6, 6.07) is 15.1. The molecule has 0 unspecified atom stereocenters. The van der Waals surface area contributed by atoms with Crippen LogP contribution >= 0.6 is 0 Å². The molecule has 2 aliphatic rings. The van der Waals surface area contributed by atoms with Gasteiger partial charge in [-0.3, -0.25) is 9.59 Å². The Morgan fingerprint density at radius 3 is 2.37 bits per heavy atom. The van der Waals surface area contributed by atoms with Crippen LogP contribution in [0.15, 0.2) is 54.2 Å². The number of nitrogens with zero attached hydrogens (tertiary/aromatic N) is 2. The molecule has 156 valence electrons. The van der Waals surface area contributed by atoms with Crippen LogP contribution in [0, 0.1) is 6.92 Å². The van der Waals surface area contributed by atoms with Crippen LogP contribution in [0.3, 0.4) is 0 Å². The first kappa shape index (κ1) is 20.2. The first-order chi connectivity index (χ1) is 14.6. The molecule has 1 fully saturated rings. The standard InChI is InChI=1S/C25H28N2O3/c1-3-16-30-21-9-7-8-20(17-21)27-24(28)22(19-12-10-18(2)11-13-19)23(25(27)29)26-14-5-4-6-15-26/h7-13,17H,3-6,14-16H2,1-2H3. The summed E-state index contributed by atoms with van der Waals surface area (Å²) in [6.07, 6.45) is 4.12. The molecule has 4 rings (SSSR count). The summed E-state index contributed by atoms with van der Waals surface area (Å²) in [7, 11) is 0. The highest BCUT2D eigenvalue weighted by Gasteiger charge is 2.42. The Balaban J connectivity index is 1.75. The lowest BCUT2D eigenvalue weighted by atomic mass is 10.0. The Labute approximate surface area is 177 Å². The third-order valence-corrected chi connectivity index (χ3v) is 5.62. The van der Waals surface area contributed by atoms with E-state index in [1.54, 1.807) is 12.1 Å². The maximum absolute atomic E-state index is 13.6. The molecule has 2 heterocycles. The fraction of sp³-hybridized carbons (Fsp3) is 0.360. The van der Waals surface area contributed by atoms with E-state index >= 15 is 0 Å². The normalized spacial score (nSPS) is 17.1. The van der Waals surface area contributed by atoms with Crippen molar-refractivity contribution in [3.05, 3.63) is 65.4 Å². The van der Waals surface area contributed by atoms with Gasteiger partial charge in [-0.15, -0.1) is 0 Å². The van der Waals surface area contributed by atoms with E-state index in [2.05, 4.69) is 4.90 Å². The maximum atomic E-state index is 13.6. The highest BCUT2D eigenvalue weighted by molar-refractivity contribution is 6.45. The van der Waals surface area contributed by atoms with E-state index in [1.165, 1.54) is 4.90 Å². The smallest absolute Gasteiger partial charge is 0.282 e. The number of amides is 2. The largest absolute Gasteiger partial charge is 0.494 e. The third-order valence-electron chi connectivity index (χ3n) is 5.62. The number of likely N-dealkylation sites (tertiary alicyclic amines) is 1. The molecule has 2 aromatic rings. The van der Waals surface area contributed by atoms with Gasteiger partial charge in [0, 0.05) is 19.2 Å². The van der Waals surface area contributed by atoms with Gasteiger partial charge >= 0.3 is 0 Å². The van der Waals surface area contributed by atoms with E-state index in [0.29, 0.717) is 29.3 Å². The molecule has 0 atom stereocenters. The van der Waals surface area contributed by atoms with E-state index in [1.807, 2.05) is 50.2 Å². The van der Waals surface area contributed by atoms with Crippen molar-refractivity contribution in [1.29, 1.82) is 0 Å². The average molecular weight is 405 g/mol. The molecule has 0 spiro atoms. The van der Waals surface area contributed by atoms with Crippen LogP contribution < -0.4 is 9.64 Å². The summed E-state index contributed by atoms with van der Waals surface area (Å²) in [4.78, 5) is 30.5. The second kappa shape index (κ2) is 8.74. The van der Waals surface area contributed by atoms with Crippen molar-refractivity contribution in [2.45, 2.75) is 39.5 Å². The second-order valence-corrected chi connectivity index (χ2v) is 7.93. The zero-order chi connectivity index (χ0) is 21.1. The van der Waals surface area contributed by atoms with Gasteiger partial charge in [0.15, 0.2) is 0 Å². The van der Waals surface area contributed by atoms with Crippen LogP contribution in [-0.4, -0.2) is 36.4 Å². The monoisotopic (exact) mass is 404 g/mol. The molecule has 0 bridgehead atoms. The first-order valence-electron chi connectivity index (χ1n) is 10.8. The fourth-order valence-corrected chi connectivity index (χ4v) is 4.08. The van der Waals surface area contributed by atoms with Gasteiger partial charge in [-0.2, -0.15) is 0 Å². The topological polar surface area (TPSA) is 49.9 Å². The van der Waals surface area contributed by atoms with Crippen molar-refractivity contribution in [1.82, 2.24) is 4.90 Å². The summed E-state index contributed by atoms with van der Waals surface area (Å²) >= 11 is 0. The zero-order valence-electron chi connectivity index (χ0n) is 17.7. The molecule has 2 aliphatic heterocycles. The van der Waals surface area contributed by atoms with Crippen LogP contribution in [0.4, 0.5) is 5.69 Å². The number of hydrogen-bond acceptors (Lipinski definition) is 4. The lowest BCUT2D eigenvalue weighted by Crippen LogP contribution is -2.37. The van der Waals surface area contributed by atoms with Crippen LogP contribution in [0.1, 0.15) is 43.7 Å². The molecule has 0 radical (unpaired) electrons. The van der Waals surface area contributed by atoms with Crippen molar-refractivity contribution in [3.8, 4) is 5.75 Å². The molecular weight excluding hydrogens is 376 g/mol. The van der Waals surface area contributed by atoms with Gasteiger partial charge in [0.25, 0.3) is 11.8 Å². The minimum absolute atomic E-state index is 0.245. The van der Waals surface area contributed by atoms with Crippen LogP contribution in [0.25, 0.3) is 5.57 Å². The molecule has 5 heteroatoms. The molecule has 5 nitrogen and oxygen atoms in total. The van der Waals surface area contributed by atoms with E-state index < -0.39 is 0 Å². The van der Waals surface area contributed by atoms with Gasteiger partial charge in [-0.05, 0) is 50.3 Å². The van der Waals surface area contributed by atoms with E-state index in [0.717, 1.165) is 49.9 Å². The molecule has 30 heavy (non-hydrogen) atoms. The number of imide groups is 1. The van der Waals surface area contributed by atoms with Gasteiger partial charge in [0.2, 0.25) is 0 Å². The SMILES string of the molecule is CCCOc1cccc(N2C(=O)C(c3ccc(C)cc3)=C(N3CCCCC3)C2=O)c1. The maximum Gasteiger partial charge on any atom is 0.282 e. The predicted molar refractivity (Wildman–Crippen MR) is 118 cm³/mol. The number of anilines is 1. The molecular formula is C25H28N2O3. The summed E-state index contributed by atoms with van der Waals surface area (Å²) in [5, 5.41) is 0. The third kappa shape index (κ3) is 3.84. The lowest BCUT2D eigenvalue weighted by Gasteiger charge is -2.29. The second-order valence-electron chi connectivity index (χ2n) is 7.93. The Morgan fingerprint density at radius 2 is 1.67 bits per heavy atom. The number of ether oxygens (including phenoxy) is 1. The van der Waals surface area contributed by atoms with Crippen molar-refractivity contribution in [3.63, 3.8) is 0 Å². The quantitative estimate of drug-likeness (QED) is 0.663. The minimum atomic E-state index is -0.267. The minimum Gasteiger partial charge on any atom is -0.494 e. The predicted octanol–water partition coefficient (Wildman–Crippen LogP) is 4.55. The van der Waals surface area contributed by atoms with Gasteiger partial charge in [-0.25, -0.2) is 4.90 Å². The Bertz CT molecular complexity index is 972. The van der Waals surface area contributed by atoms with Crippen molar-refractivity contribution in [2.24, 2.45) is 0 Å². The van der Waals surface area contributed by atoms with Crippen LogP contribution in [-0.2, 0) is 9.59 Å². The number of hydrogen-bond donors (Lipinski definition) is 0. The van der Waals surface area contributed by atoms with Crippen molar-refractivity contribution < 1.29 is 14.3 Å². The molecule has 0 aromatic heterocycles. The Kier molecular flexibility index (Phi) is 5.88. The Morgan fingerprint density at radius 1 is 0.933 bits per heavy atom. The Hall–Kier alpha value is -3.08. The number of carbonyl (C=O) groups is 2. The number of aryl methyl sites for hydroxylation is 1. The van der Waals surface area contributed by atoms with Crippen LogP contribution in [0.5, 0.6) is 5.75 Å². The first-order valence-corrected chi connectivity index (χ1v) is 10.8. The highest BCUT2D eigenvalue weighted by atomic mass is 16.5. The number of carbonyl (C=O) groups excluding carboxylic acids is 2. The van der Waals surface area contributed by atoms with E-state index in [9.17, 15) is 9.59 Å². The summed E-state index contributed by atoms with van der Waals surface area (Å²) < 4.78 is 5.72. The molecule has 0 aliphatic carbocycles. The van der Waals surface area contributed by atoms with Gasteiger partial charge < -0.3 is 9.64 Å². The van der Waals surface area contributed by atoms with Crippen molar-refractivity contribution >= 4 is 23.1 Å².